The van der Waals surface area contributed by atoms with Gasteiger partial charge in [0.15, 0.2) is 5.82 Å². The second-order valence-corrected chi connectivity index (χ2v) is 5.98. The molecule has 0 unspecified atom stereocenters. The molecule has 3 rings (SSSR count). The highest BCUT2D eigenvalue weighted by Gasteiger charge is 2.23. The summed E-state index contributed by atoms with van der Waals surface area (Å²) in [6.07, 6.45) is 0. The van der Waals surface area contributed by atoms with Crippen molar-refractivity contribution in [1.82, 2.24) is 15.1 Å². The van der Waals surface area contributed by atoms with Gasteiger partial charge in [-0.2, -0.15) is 5.26 Å². The third-order valence-corrected chi connectivity index (χ3v) is 4.04. The lowest BCUT2D eigenvalue weighted by atomic mass is 10.2. The summed E-state index contributed by atoms with van der Waals surface area (Å²) in [6.45, 7) is 3.72. The predicted octanol–water partition coefficient (Wildman–Crippen LogP) is 1.78. The van der Waals surface area contributed by atoms with Gasteiger partial charge >= 0.3 is 0 Å². The average Bonchev–Trinajstić information content (AvgIpc) is 2.70. The summed E-state index contributed by atoms with van der Waals surface area (Å²) in [4.78, 5) is 0. The molecule has 21 heavy (non-hydrogen) atoms. The van der Waals surface area contributed by atoms with Crippen LogP contribution >= 0.6 is 15.9 Å². The van der Waals surface area contributed by atoms with Crippen molar-refractivity contribution in [2.45, 2.75) is 13.0 Å². The van der Waals surface area contributed by atoms with E-state index in [9.17, 15) is 5.26 Å². The van der Waals surface area contributed by atoms with Crippen LogP contribution in [0.25, 0.3) is 5.69 Å². The summed E-state index contributed by atoms with van der Waals surface area (Å²) >= 11 is 3.44. The predicted molar refractivity (Wildman–Crippen MR) is 85.4 cm³/mol. The summed E-state index contributed by atoms with van der Waals surface area (Å²) in [5, 5.41) is 20.2. The normalized spacial score (nSPS) is 14.5. The van der Waals surface area contributed by atoms with Gasteiger partial charge in [-0.1, -0.05) is 15.9 Å². The van der Waals surface area contributed by atoms with E-state index in [1.807, 2.05) is 25.1 Å². The first kappa shape index (κ1) is 13.9. The molecule has 4 N–H and O–H groups in total. The number of anilines is 2. The third kappa shape index (κ3) is 2.48. The van der Waals surface area contributed by atoms with Gasteiger partial charge in [-0.3, -0.25) is 0 Å². The monoisotopic (exact) mass is 346 g/mol. The zero-order valence-electron chi connectivity index (χ0n) is 11.5. The number of hydrogen-bond donors (Lipinski definition) is 3. The zero-order chi connectivity index (χ0) is 15.0. The first-order valence-corrected chi connectivity index (χ1v) is 7.42. The Morgan fingerprint density at radius 3 is 2.86 bits per heavy atom. The van der Waals surface area contributed by atoms with E-state index >= 15 is 0 Å². The molecule has 0 atom stereocenters. The number of nitrogen functional groups attached to an aromatic ring is 1. The van der Waals surface area contributed by atoms with E-state index in [1.54, 1.807) is 4.68 Å². The summed E-state index contributed by atoms with van der Waals surface area (Å²) in [7, 11) is 0. The fourth-order valence-electron chi connectivity index (χ4n) is 2.27. The standard InChI is InChI=1S/C14H15BrN6/c1-8-4-9(15)2-3-12(8)21-13(17)11(5-16)14(20-21)19-10-6-18-7-10/h2-4,10,18H,6-7,17H2,1H3,(H,19,20). The number of halogens is 1. The topological polar surface area (TPSA) is 91.7 Å². The Balaban J connectivity index is 2.04. The highest BCUT2D eigenvalue weighted by molar-refractivity contribution is 9.10. The first-order valence-electron chi connectivity index (χ1n) is 6.62. The van der Waals surface area contributed by atoms with Gasteiger partial charge in [0.2, 0.25) is 0 Å². The van der Waals surface area contributed by atoms with Crippen molar-refractivity contribution in [3.8, 4) is 11.8 Å². The van der Waals surface area contributed by atoms with Crippen molar-refractivity contribution in [2.75, 3.05) is 24.1 Å². The van der Waals surface area contributed by atoms with E-state index in [-0.39, 0.29) is 0 Å². The van der Waals surface area contributed by atoms with Gasteiger partial charge < -0.3 is 16.4 Å². The lowest BCUT2D eigenvalue weighted by Gasteiger charge is -2.27. The van der Waals surface area contributed by atoms with Crippen molar-refractivity contribution < 1.29 is 0 Å². The van der Waals surface area contributed by atoms with Gasteiger partial charge in [0.1, 0.15) is 17.5 Å². The Morgan fingerprint density at radius 2 is 2.29 bits per heavy atom. The molecule has 0 aliphatic carbocycles. The lowest BCUT2D eigenvalue weighted by Crippen LogP contribution is -2.51. The largest absolute Gasteiger partial charge is 0.382 e. The first-order chi connectivity index (χ1) is 10.1. The van der Waals surface area contributed by atoms with Crippen LogP contribution in [-0.4, -0.2) is 28.9 Å². The fraction of sp³-hybridized carbons (Fsp3) is 0.286. The van der Waals surface area contributed by atoms with E-state index in [1.165, 1.54) is 0 Å². The fourth-order valence-corrected chi connectivity index (χ4v) is 2.74. The third-order valence-electron chi connectivity index (χ3n) is 3.54. The number of aryl methyl sites for hydroxylation is 1. The van der Waals surface area contributed by atoms with Gasteiger partial charge in [0.25, 0.3) is 0 Å². The molecule has 0 bridgehead atoms. The molecule has 1 aromatic heterocycles. The van der Waals surface area contributed by atoms with Crippen LogP contribution in [0.2, 0.25) is 0 Å². The minimum Gasteiger partial charge on any atom is -0.382 e. The molecule has 0 spiro atoms. The van der Waals surface area contributed by atoms with Gasteiger partial charge in [0.05, 0.1) is 11.7 Å². The maximum atomic E-state index is 9.33. The summed E-state index contributed by atoms with van der Waals surface area (Å²) in [6, 6.07) is 8.28. The Hall–Kier alpha value is -2.04. The van der Waals surface area contributed by atoms with Crippen LogP contribution < -0.4 is 16.4 Å². The molecule has 0 amide bonds. The van der Waals surface area contributed by atoms with E-state index in [0.29, 0.717) is 23.2 Å². The van der Waals surface area contributed by atoms with Crippen LogP contribution in [0.1, 0.15) is 11.1 Å². The van der Waals surface area contributed by atoms with E-state index < -0.39 is 0 Å². The molecule has 6 nitrogen and oxygen atoms in total. The SMILES string of the molecule is Cc1cc(Br)ccc1-n1nc(NC2CNC2)c(C#N)c1N. The van der Waals surface area contributed by atoms with Crippen LogP contribution in [0.15, 0.2) is 22.7 Å². The number of aromatic nitrogens is 2. The Morgan fingerprint density at radius 1 is 1.52 bits per heavy atom. The number of nitrogens with one attached hydrogen (secondary N) is 2. The van der Waals surface area contributed by atoms with E-state index in [2.05, 4.69) is 37.7 Å². The molecule has 0 saturated carbocycles. The zero-order valence-corrected chi connectivity index (χ0v) is 13.1. The van der Waals surface area contributed by atoms with Gasteiger partial charge in [-0.25, -0.2) is 4.68 Å². The van der Waals surface area contributed by atoms with Crippen LogP contribution in [0.3, 0.4) is 0 Å². The molecule has 1 aliphatic heterocycles. The summed E-state index contributed by atoms with van der Waals surface area (Å²) < 4.78 is 2.61. The second-order valence-electron chi connectivity index (χ2n) is 5.06. The van der Waals surface area contributed by atoms with E-state index in [0.717, 1.165) is 28.8 Å². The van der Waals surface area contributed by atoms with Crippen molar-refractivity contribution >= 4 is 27.6 Å². The number of nitriles is 1. The Kier molecular flexibility index (Phi) is 3.57. The molecular formula is C14H15BrN6. The van der Waals surface area contributed by atoms with Gasteiger partial charge in [0, 0.05) is 17.6 Å². The highest BCUT2D eigenvalue weighted by Crippen LogP contribution is 2.27. The molecule has 108 valence electrons. The van der Waals surface area contributed by atoms with Gasteiger partial charge in [-0.05, 0) is 30.7 Å². The van der Waals surface area contributed by atoms with Crippen molar-refractivity contribution in [2.24, 2.45) is 0 Å². The van der Waals surface area contributed by atoms with Crippen LogP contribution in [0, 0.1) is 18.3 Å². The number of rotatable bonds is 3. The van der Waals surface area contributed by atoms with Crippen LogP contribution in [0.4, 0.5) is 11.6 Å². The number of benzene rings is 1. The smallest absolute Gasteiger partial charge is 0.169 e. The van der Waals surface area contributed by atoms with Crippen molar-refractivity contribution in [3.05, 3.63) is 33.8 Å². The lowest BCUT2D eigenvalue weighted by molar-refractivity contribution is 0.470. The molecule has 1 saturated heterocycles. The Bertz CT molecular complexity index is 726. The van der Waals surface area contributed by atoms with Gasteiger partial charge in [-0.15, -0.1) is 5.10 Å². The number of nitrogens with zero attached hydrogens (tertiary/aromatic N) is 3. The molecule has 2 aromatic rings. The second kappa shape index (κ2) is 5.39. The number of hydrogen-bond acceptors (Lipinski definition) is 5. The molecular weight excluding hydrogens is 332 g/mol. The maximum Gasteiger partial charge on any atom is 0.169 e. The minimum absolute atomic E-state index is 0.297. The van der Waals surface area contributed by atoms with E-state index in [4.69, 9.17) is 5.73 Å². The van der Waals surface area contributed by atoms with Crippen molar-refractivity contribution in [1.29, 1.82) is 5.26 Å². The molecule has 2 heterocycles. The average molecular weight is 347 g/mol. The summed E-state index contributed by atoms with van der Waals surface area (Å²) in [5.74, 6) is 0.904. The van der Waals surface area contributed by atoms with Crippen LogP contribution in [-0.2, 0) is 0 Å². The molecule has 0 radical (unpaired) electrons. The molecule has 1 fully saturated rings. The number of nitrogens with two attached hydrogens (primary N) is 1. The quantitative estimate of drug-likeness (QED) is 0.787. The molecule has 7 heteroatoms. The highest BCUT2D eigenvalue weighted by atomic mass is 79.9. The summed E-state index contributed by atoms with van der Waals surface area (Å²) in [5.41, 5.74) is 8.39. The molecule has 1 aromatic carbocycles. The Labute approximate surface area is 131 Å². The minimum atomic E-state index is 0.297. The molecule has 1 aliphatic rings. The van der Waals surface area contributed by atoms with Crippen molar-refractivity contribution in [3.63, 3.8) is 0 Å². The van der Waals surface area contributed by atoms with Crippen LogP contribution in [0.5, 0.6) is 0 Å². The maximum absolute atomic E-state index is 9.33.